The maximum Gasteiger partial charge on any atom is 0.123 e. The number of aromatic nitrogens is 3. The van der Waals surface area contributed by atoms with Crippen LogP contribution in [0.2, 0.25) is 0 Å². The molecule has 25 heavy (non-hydrogen) atoms. The average molecular weight is 335 g/mol. The van der Waals surface area contributed by atoms with E-state index >= 15 is 0 Å². The molecule has 0 unspecified atom stereocenters. The summed E-state index contributed by atoms with van der Waals surface area (Å²) in [5, 5.41) is 8.92. The number of aryl methyl sites for hydroxylation is 2. The highest BCUT2D eigenvalue weighted by molar-refractivity contribution is 5.74. The lowest BCUT2D eigenvalue weighted by Crippen LogP contribution is -2.40. The van der Waals surface area contributed by atoms with Crippen LogP contribution in [0.5, 0.6) is 0 Å². The van der Waals surface area contributed by atoms with Gasteiger partial charge in [0.15, 0.2) is 0 Å². The SMILES string of the molecule is Cc1ccc([C@H](n2nnc3ccccc32)[C@]2(C(C)(C)C)CO2)cc1C. The molecule has 1 fully saturated rings. The zero-order valence-corrected chi connectivity index (χ0v) is 15.6. The smallest absolute Gasteiger partial charge is 0.123 e. The Hall–Kier alpha value is -2.20. The fourth-order valence-electron chi connectivity index (χ4n) is 3.70. The summed E-state index contributed by atoms with van der Waals surface area (Å²) in [6.45, 7) is 11.8. The van der Waals surface area contributed by atoms with Gasteiger partial charge in [0.25, 0.3) is 0 Å². The Balaban J connectivity index is 1.95. The first-order chi connectivity index (χ1) is 11.8. The van der Waals surface area contributed by atoms with Crippen molar-refractivity contribution in [3.63, 3.8) is 0 Å². The summed E-state index contributed by atoms with van der Waals surface area (Å²) in [5.41, 5.74) is 5.50. The highest BCUT2D eigenvalue weighted by Gasteiger charge is 2.61. The van der Waals surface area contributed by atoms with E-state index in [1.807, 2.05) is 18.2 Å². The normalized spacial score (nSPS) is 21.5. The monoisotopic (exact) mass is 335 g/mol. The number of hydrogen-bond donors (Lipinski definition) is 0. The van der Waals surface area contributed by atoms with Crippen molar-refractivity contribution < 1.29 is 4.74 Å². The third kappa shape index (κ3) is 2.47. The van der Waals surface area contributed by atoms with Crippen molar-refractivity contribution in [1.29, 1.82) is 0 Å². The van der Waals surface area contributed by atoms with Crippen LogP contribution in [0.15, 0.2) is 42.5 Å². The minimum atomic E-state index is -0.273. The van der Waals surface area contributed by atoms with E-state index in [2.05, 4.69) is 73.9 Å². The van der Waals surface area contributed by atoms with Crippen molar-refractivity contribution in [3.05, 3.63) is 59.2 Å². The van der Waals surface area contributed by atoms with E-state index in [1.165, 1.54) is 16.7 Å². The maximum absolute atomic E-state index is 6.13. The van der Waals surface area contributed by atoms with Crippen molar-refractivity contribution in [2.24, 2.45) is 5.41 Å². The van der Waals surface area contributed by atoms with Crippen molar-refractivity contribution >= 4 is 11.0 Å². The molecule has 0 amide bonds. The molecule has 4 heteroatoms. The summed E-state index contributed by atoms with van der Waals surface area (Å²) in [6.07, 6.45) is 0. The van der Waals surface area contributed by atoms with Crippen LogP contribution in [0.4, 0.5) is 0 Å². The Morgan fingerprint density at radius 2 is 1.80 bits per heavy atom. The van der Waals surface area contributed by atoms with E-state index in [9.17, 15) is 0 Å². The first-order valence-corrected chi connectivity index (χ1v) is 8.84. The molecule has 0 N–H and O–H groups in total. The molecule has 3 aromatic rings. The number of rotatable bonds is 3. The van der Waals surface area contributed by atoms with E-state index in [1.54, 1.807) is 0 Å². The predicted molar refractivity (Wildman–Crippen MR) is 99.7 cm³/mol. The summed E-state index contributed by atoms with van der Waals surface area (Å²) < 4.78 is 8.18. The summed E-state index contributed by atoms with van der Waals surface area (Å²) in [4.78, 5) is 0. The van der Waals surface area contributed by atoms with Gasteiger partial charge in [-0.3, -0.25) is 0 Å². The van der Waals surface area contributed by atoms with Gasteiger partial charge in [0.2, 0.25) is 0 Å². The molecule has 4 rings (SSSR count). The first kappa shape index (κ1) is 16.3. The van der Waals surface area contributed by atoms with Crippen molar-refractivity contribution in [2.75, 3.05) is 6.61 Å². The van der Waals surface area contributed by atoms with E-state index in [4.69, 9.17) is 4.74 Å². The van der Waals surface area contributed by atoms with Crippen LogP contribution in [-0.2, 0) is 4.74 Å². The Bertz CT molecular complexity index is 932. The van der Waals surface area contributed by atoms with E-state index in [-0.39, 0.29) is 17.1 Å². The highest BCUT2D eigenvalue weighted by atomic mass is 16.6. The maximum atomic E-state index is 6.13. The number of hydrogen-bond acceptors (Lipinski definition) is 3. The van der Waals surface area contributed by atoms with Crippen LogP contribution in [-0.4, -0.2) is 27.2 Å². The van der Waals surface area contributed by atoms with Crippen LogP contribution in [0, 0.1) is 19.3 Å². The zero-order valence-electron chi connectivity index (χ0n) is 15.6. The molecular weight excluding hydrogens is 310 g/mol. The lowest BCUT2D eigenvalue weighted by molar-refractivity contribution is 0.108. The second kappa shape index (κ2) is 5.40. The van der Waals surface area contributed by atoms with Crippen LogP contribution < -0.4 is 0 Å². The summed E-state index contributed by atoms with van der Waals surface area (Å²) >= 11 is 0. The first-order valence-electron chi connectivity index (χ1n) is 8.84. The molecule has 0 bridgehead atoms. The zero-order chi connectivity index (χ0) is 17.8. The topological polar surface area (TPSA) is 43.2 Å². The molecule has 1 aliphatic rings. The van der Waals surface area contributed by atoms with E-state index in [0.717, 1.165) is 17.6 Å². The number of fused-ring (bicyclic) bond motifs is 1. The third-order valence-electron chi connectivity index (χ3n) is 5.64. The lowest BCUT2D eigenvalue weighted by atomic mass is 9.74. The summed E-state index contributed by atoms with van der Waals surface area (Å²) in [7, 11) is 0. The van der Waals surface area contributed by atoms with Crippen molar-refractivity contribution in [1.82, 2.24) is 15.0 Å². The molecular formula is C21H25N3O. The number of ether oxygens (including phenoxy) is 1. The molecule has 2 aromatic carbocycles. The molecule has 1 aliphatic heterocycles. The van der Waals surface area contributed by atoms with Crippen molar-refractivity contribution in [3.8, 4) is 0 Å². The van der Waals surface area contributed by atoms with Gasteiger partial charge in [0.05, 0.1) is 12.1 Å². The van der Waals surface area contributed by atoms with Gasteiger partial charge < -0.3 is 4.74 Å². The molecule has 4 nitrogen and oxygen atoms in total. The molecule has 0 spiro atoms. The van der Waals surface area contributed by atoms with Crippen LogP contribution in [0.25, 0.3) is 11.0 Å². The minimum absolute atomic E-state index is 0.000741. The van der Waals surface area contributed by atoms with Gasteiger partial charge in [0.1, 0.15) is 17.2 Å². The number of benzene rings is 2. The molecule has 0 radical (unpaired) electrons. The average Bonchev–Trinajstić information content (AvgIpc) is 3.27. The van der Waals surface area contributed by atoms with E-state index in [0.29, 0.717) is 0 Å². The Kier molecular flexibility index (Phi) is 3.51. The fraction of sp³-hybridized carbons (Fsp3) is 0.429. The van der Waals surface area contributed by atoms with Crippen LogP contribution >= 0.6 is 0 Å². The van der Waals surface area contributed by atoms with Gasteiger partial charge in [-0.2, -0.15) is 0 Å². The van der Waals surface area contributed by atoms with Gasteiger partial charge in [0, 0.05) is 0 Å². The standard InChI is InChI=1S/C21H25N3O/c1-14-10-11-16(12-15(14)2)19(21(13-25-21)20(3,4)5)24-18-9-7-6-8-17(18)22-23-24/h6-12,19H,13H2,1-5H3/t19-,21-/m0/s1. The van der Waals surface area contributed by atoms with Gasteiger partial charge in [-0.25, -0.2) is 4.68 Å². The third-order valence-corrected chi connectivity index (χ3v) is 5.64. The molecule has 1 aromatic heterocycles. The Labute approximate surface area is 148 Å². The molecule has 0 aliphatic carbocycles. The van der Waals surface area contributed by atoms with Gasteiger partial charge in [-0.1, -0.05) is 56.3 Å². The summed E-state index contributed by atoms with van der Waals surface area (Å²) in [6, 6.07) is 14.8. The minimum Gasteiger partial charge on any atom is -0.366 e. The Morgan fingerprint density at radius 1 is 1.08 bits per heavy atom. The van der Waals surface area contributed by atoms with Gasteiger partial charge in [-0.15, -0.1) is 5.10 Å². The summed E-state index contributed by atoms with van der Waals surface area (Å²) in [5.74, 6) is 0. The predicted octanol–water partition coefficient (Wildman–Crippen LogP) is 4.45. The molecule has 0 saturated carbocycles. The molecule has 2 heterocycles. The molecule has 2 atom stereocenters. The Morgan fingerprint density at radius 3 is 2.44 bits per heavy atom. The second-order valence-corrected chi connectivity index (χ2v) is 8.20. The van der Waals surface area contributed by atoms with Gasteiger partial charge in [-0.05, 0) is 48.1 Å². The number of para-hydroxylation sites is 1. The second-order valence-electron chi connectivity index (χ2n) is 8.20. The highest BCUT2D eigenvalue weighted by Crippen LogP contribution is 2.54. The largest absolute Gasteiger partial charge is 0.366 e. The number of epoxide rings is 1. The fourth-order valence-corrected chi connectivity index (χ4v) is 3.70. The molecule has 130 valence electrons. The van der Waals surface area contributed by atoms with E-state index < -0.39 is 0 Å². The lowest BCUT2D eigenvalue weighted by Gasteiger charge is -2.35. The number of nitrogens with zero attached hydrogens (tertiary/aromatic N) is 3. The molecule has 1 saturated heterocycles. The van der Waals surface area contributed by atoms with Gasteiger partial charge >= 0.3 is 0 Å². The van der Waals surface area contributed by atoms with Crippen LogP contribution in [0.3, 0.4) is 0 Å². The van der Waals surface area contributed by atoms with Crippen LogP contribution in [0.1, 0.15) is 43.5 Å². The van der Waals surface area contributed by atoms with Crippen molar-refractivity contribution in [2.45, 2.75) is 46.3 Å². The quantitative estimate of drug-likeness (QED) is 0.664.